The summed E-state index contributed by atoms with van der Waals surface area (Å²) in [5.74, 6) is 2.62. The van der Waals surface area contributed by atoms with Crippen molar-refractivity contribution in [2.24, 2.45) is 17.6 Å². The van der Waals surface area contributed by atoms with Crippen LogP contribution in [0.1, 0.15) is 32.1 Å². The molecule has 0 unspecified atom stereocenters. The first-order valence-electron chi connectivity index (χ1n) is 6.76. The molecule has 0 bridgehead atoms. The molecule has 0 aromatic heterocycles. The van der Waals surface area contributed by atoms with Crippen LogP contribution >= 0.6 is 0 Å². The van der Waals surface area contributed by atoms with Crippen LogP contribution in [0.2, 0.25) is 0 Å². The zero-order chi connectivity index (χ0) is 11.9. The Kier molecular flexibility index (Phi) is 4.87. The van der Waals surface area contributed by atoms with Crippen molar-refractivity contribution in [3.8, 4) is 5.75 Å². The van der Waals surface area contributed by atoms with Gasteiger partial charge >= 0.3 is 0 Å². The largest absolute Gasteiger partial charge is 0.494 e. The van der Waals surface area contributed by atoms with Gasteiger partial charge in [0.2, 0.25) is 0 Å². The van der Waals surface area contributed by atoms with Gasteiger partial charge < -0.3 is 10.5 Å². The van der Waals surface area contributed by atoms with Crippen molar-refractivity contribution in [1.82, 2.24) is 0 Å². The maximum absolute atomic E-state index is 5.74. The third kappa shape index (κ3) is 4.04. The summed E-state index contributed by atoms with van der Waals surface area (Å²) < 4.78 is 5.74. The highest BCUT2D eigenvalue weighted by molar-refractivity contribution is 5.20. The minimum atomic E-state index is 0.779. The van der Waals surface area contributed by atoms with Crippen molar-refractivity contribution < 1.29 is 4.74 Å². The molecule has 1 aromatic carbocycles. The second-order valence-electron chi connectivity index (χ2n) is 5.07. The summed E-state index contributed by atoms with van der Waals surface area (Å²) in [7, 11) is 0. The van der Waals surface area contributed by atoms with Crippen LogP contribution in [0, 0.1) is 11.8 Å². The van der Waals surface area contributed by atoms with Crippen molar-refractivity contribution >= 4 is 0 Å². The zero-order valence-corrected chi connectivity index (χ0v) is 10.5. The van der Waals surface area contributed by atoms with E-state index in [1.165, 1.54) is 32.1 Å². The van der Waals surface area contributed by atoms with E-state index in [0.29, 0.717) is 0 Å². The van der Waals surface area contributed by atoms with E-state index in [-0.39, 0.29) is 0 Å². The topological polar surface area (TPSA) is 35.2 Å². The molecule has 17 heavy (non-hydrogen) atoms. The molecule has 0 atom stereocenters. The molecule has 0 heterocycles. The highest BCUT2D eigenvalue weighted by Gasteiger charge is 2.19. The van der Waals surface area contributed by atoms with Gasteiger partial charge in [-0.05, 0) is 49.8 Å². The molecule has 0 saturated heterocycles. The third-order valence-electron chi connectivity index (χ3n) is 3.84. The minimum Gasteiger partial charge on any atom is -0.494 e. The van der Waals surface area contributed by atoms with Crippen molar-refractivity contribution in [3.63, 3.8) is 0 Å². The van der Waals surface area contributed by atoms with E-state index in [9.17, 15) is 0 Å². The molecule has 2 N–H and O–H groups in total. The first-order valence-corrected chi connectivity index (χ1v) is 6.76. The molecule has 1 aliphatic carbocycles. The highest BCUT2D eigenvalue weighted by atomic mass is 16.5. The Morgan fingerprint density at radius 1 is 1.00 bits per heavy atom. The van der Waals surface area contributed by atoms with Crippen LogP contribution < -0.4 is 10.5 Å². The van der Waals surface area contributed by atoms with Crippen LogP contribution in [0.25, 0.3) is 0 Å². The molecule has 1 aliphatic rings. The van der Waals surface area contributed by atoms with E-state index in [0.717, 1.165) is 30.7 Å². The SMILES string of the molecule is NC[C@H]1CC[C@@H](CCOc2ccccc2)CC1. The summed E-state index contributed by atoms with van der Waals surface area (Å²) in [5.41, 5.74) is 5.70. The summed E-state index contributed by atoms with van der Waals surface area (Å²) in [5, 5.41) is 0. The van der Waals surface area contributed by atoms with Gasteiger partial charge in [-0.1, -0.05) is 31.0 Å². The molecule has 2 rings (SSSR count). The average Bonchev–Trinajstić information content (AvgIpc) is 2.41. The predicted molar refractivity (Wildman–Crippen MR) is 71.1 cm³/mol. The Labute approximate surface area is 104 Å². The van der Waals surface area contributed by atoms with Crippen LogP contribution in [-0.2, 0) is 0 Å². The molecule has 0 amide bonds. The number of hydrogen-bond donors (Lipinski definition) is 1. The molecule has 2 heteroatoms. The maximum atomic E-state index is 5.74. The summed E-state index contributed by atoms with van der Waals surface area (Å²) in [6.45, 7) is 1.72. The number of para-hydroxylation sites is 1. The maximum Gasteiger partial charge on any atom is 0.119 e. The van der Waals surface area contributed by atoms with E-state index in [4.69, 9.17) is 10.5 Å². The lowest BCUT2D eigenvalue weighted by atomic mass is 9.81. The number of nitrogens with two attached hydrogens (primary N) is 1. The summed E-state index contributed by atoms with van der Waals surface area (Å²) in [6, 6.07) is 10.1. The Bertz CT molecular complexity index is 304. The fourth-order valence-electron chi connectivity index (χ4n) is 2.62. The second kappa shape index (κ2) is 6.65. The normalized spacial score (nSPS) is 24.5. The van der Waals surface area contributed by atoms with Crippen LogP contribution in [0.5, 0.6) is 5.75 Å². The van der Waals surface area contributed by atoms with Crippen LogP contribution in [0.3, 0.4) is 0 Å². The molecule has 1 fully saturated rings. The van der Waals surface area contributed by atoms with E-state index < -0.39 is 0 Å². The predicted octanol–water partition coefficient (Wildman–Crippen LogP) is 3.22. The first kappa shape index (κ1) is 12.4. The van der Waals surface area contributed by atoms with E-state index in [1.807, 2.05) is 30.3 Å². The van der Waals surface area contributed by atoms with E-state index >= 15 is 0 Å². The molecule has 1 saturated carbocycles. The molecule has 2 nitrogen and oxygen atoms in total. The Morgan fingerprint density at radius 3 is 2.29 bits per heavy atom. The zero-order valence-electron chi connectivity index (χ0n) is 10.5. The fraction of sp³-hybridized carbons (Fsp3) is 0.600. The third-order valence-corrected chi connectivity index (χ3v) is 3.84. The van der Waals surface area contributed by atoms with Crippen molar-refractivity contribution in [2.75, 3.05) is 13.2 Å². The van der Waals surface area contributed by atoms with Crippen molar-refractivity contribution in [2.45, 2.75) is 32.1 Å². The average molecular weight is 233 g/mol. The van der Waals surface area contributed by atoms with Crippen LogP contribution in [-0.4, -0.2) is 13.2 Å². The second-order valence-corrected chi connectivity index (χ2v) is 5.07. The fourth-order valence-corrected chi connectivity index (χ4v) is 2.62. The van der Waals surface area contributed by atoms with E-state index in [1.54, 1.807) is 0 Å². The van der Waals surface area contributed by atoms with Crippen LogP contribution in [0.15, 0.2) is 30.3 Å². The number of rotatable bonds is 5. The monoisotopic (exact) mass is 233 g/mol. The van der Waals surface area contributed by atoms with Gasteiger partial charge in [0.1, 0.15) is 5.75 Å². The van der Waals surface area contributed by atoms with Gasteiger partial charge in [-0.15, -0.1) is 0 Å². The van der Waals surface area contributed by atoms with Gasteiger partial charge in [-0.25, -0.2) is 0 Å². The molecule has 94 valence electrons. The first-order chi connectivity index (χ1) is 8.38. The lowest BCUT2D eigenvalue weighted by Crippen LogP contribution is -2.22. The molecular weight excluding hydrogens is 210 g/mol. The van der Waals surface area contributed by atoms with Gasteiger partial charge in [0, 0.05) is 0 Å². The number of ether oxygens (including phenoxy) is 1. The van der Waals surface area contributed by atoms with Gasteiger partial charge in [-0.2, -0.15) is 0 Å². The number of benzene rings is 1. The number of hydrogen-bond acceptors (Lipinski definition) is 2. The quantitative estimate of drug-likeness (QED) is 0.847. The van der Waals surface area contributed by atoms with Gasteiger partial charge in [0.25, 0.3) is 0 Å². The Balaban J connectivity index is 1.63. The standard InChI is InChI=1S/C15H23NO/c16-12-14-8-6-13(7-9-14)10-11-17-15-4-2-1-3-5-15/h1-5,13-14H,6-12,16H2/t13-,14+. The molecule has 0 aliphatic heterocycles. The summed E-state index contributed by atoms with van der Waals surface area (Å²) in [4.78, 5) is 0. The Morgan fingerprint density at radius 2 is 1.65 bits per heavy atom. The molecule has 0 spiro atoms. The van der Waals surface area contributed by atoms with Crippen molar-refractivity contribution in [1.29, 1.82) is 0 Å². The highest BCUT2D eigenvalue weighted by Crippen LogP contribution is 2.30. The minimum absolute atomic E-state index is 0.779. The van der Waals surface area contributed by atoms with Gasteiger partial charge in [0.05, 0.1) is 6.61 Å². The smallest absolute Gasteiger partial charge is 0.119 e. The lowest BCUT2D eigenvalue weighted by Gasteiger charge is -2.27. The molecule has 1 aromatic rings. The van der Waals surface area contributed by atoms with Gasteiger partial charge in [0.15, 0.2) is 0 Å². The summed E-state index contributed by atoms with van der Waals surface area (Å²) in [6.07, 6.45) is 6.48. The summed E-state index contributed by atoms with van der Waals surface area (Å²) >= 11 is 0. The molecular formula is C15H23NO. The Hall–Kier alpha value is -1.02. The van der Waals surface area contributed by atoms with Gasteiger partial charge in [-0.3, -0.25) is 0 Å². The van der Waals surface area contributed by atoms with E-state index in [2.05, 4.69) is 0 Å². The van der Waals surface area contributed by atoms with Crippen molar-refractivity contribution in [3.05, 3.63) is 30.3 Å². The lowest BCUT2D eigenvalue weighted by molar-refractivity contribution is 0.219. The molecule has 0 radical (unpaired) electrons. The van der Waals surface area contributed by atoms with Crippen LogP contribution in [0.4, 0.5) is 0 Å².